The Hall–Kier alpha value is -1.27. The summed E-state index contributed by atoms with van der Waals surface area (Å²) >= 11 is 0. The molecule has 1 aromatic heterocycles. The van der Waals surface area contributed by atoms with Gasteiger partial charge in [0.25, 0.3) is 0 Å². The second-order valence-electron chi connectivity index (χ2n) is 4.20. The monoisotopic (exact) mass is 203 g/mol. The summed E-state index contributed by atoms with van der Waals surface area (Å²) in [5.41, 5.74) is 0.777. The van der Waals surface area contributed by atoms with Crippen LogP contribution in [0.1, 0.15) is 25.0 Å². The molecule has 0 radical (unpaired) electrons. The highest BCUT2D eigenvalue weighted by atomic mass is 15.0. The van der Waals surface area contributed by atoms with E-state index in [1.54, 1.807) is 0 Å². The average molecular weight is 203 g/mol. The molecule has 1 saturated heterocycles. The third kappa shape index (κ3) is 2.60. The minimum Gasteiger partial charge on any atom is -0.339 e. The molecule has 1 fully saturated rings. The first kappa shape index (κ1) is 10.3. The quantitative estimate of drug-likeness (QED) is 0.813. The van der Waals surface area contributed by atoms with Crippen molar-refractivity contribution in [2.75, 3.05) is 13.1 Å². The fourth-order valence-electron chi connectivity index (χ4n) is 2.20. The maximum absolute atomic E-state index is 8.86. The van der Waals surface area contributed by atoms with Crippen LogP contribution in [0.2, 0.25) is 0 Å². The predicted octanol–water partition coefficient (Wildman–Crippen LogP) is 1.75. The van der Waals surface area contributed by atoms with Gasteiger partial charge in [-0.2, -0.15) is 5.26 Å². The smallest absolute Gasteiger partial charge is 0.120 e. The van der Waals surface area contributed by atoms with Crippen LogP contribution < -0.4 is 5.32 Å². The van der Waals surface area contributed by atoms with Gasteiger partial charge in [0.1, 0.15) is 11.8 Å². The highest BCUT2D eigenvalue weighted by Gasteiger charge is 2.12. The van der Waals surface area contributed by atoms with Crippen LogP contribution in [0, 0.1) is 17.2 Å². The van der Waals surface area contributed by atoms with Gasteiger partial charge in [0.2, 0.25) is 0 Å². The van der Waals surface area contributed by atoms with Crippen molar-refractivity contribution in [3.63, 3.8) is 0 Å². The van der Waals surface area contributed by atoms with Crippen molar-refractivity contribution in [3.05, 3.63) is 24.0 Å². The van der Waals surface area contributed by atoms with E-state index in [0.717, 1.165) is 24.7 Å². The number of aryl methyl sites for hydroxylation is 1. The Morgan fingerprint density at radius 1 is 1.60 bits per heavy atom. The summed E-state index contributed by atoms with van der Waals surface area (Å²) in [4.78, 5) is 0. The van der Waals surface area contributed by atoms with E-state index >= 15 is 0 Å². The second-order valence-corrected chi connectivity index (χ2v) is 4.20. The lowest BCUT2D eigenvalue weighted by atomic mass is 9.96. The Kier molecular flexibility index (Phi) is 3.41. The van der Waals surface area contributed by atoms with Crippen LogP contribution in [0.4, 0.5) is 0 Å². The number of nitrogens with one attached hydrogen (secondary N) is 1. The highest BCUT2D eigenvalue weighted by Crippen LogP contribution is 2.15. The molecule has 1 unspecified atom stereocenters. The molecule has 3 heteroatoms. The zero-order chi connectivity index (χ0) is 10.5. The topological polar surface area (TPSA) is 40.8 Å². The van der Waals surface area contributed by atoms with Crippen LogP contribution in [0.5, 0.6) is 0 Å². The lowest BCUT2D eigenvalue weighted by Gasteiger charge is -2.22. The number of rotatable bonds is 3. The molecule has 3 nitrogen and oxygen atoms in total. The summed E-state index contributed by atoms with van der Waals surface area (Å²) in [6.45, 7) is 3.29. The fourth-order valence-corrected chi connectivity index (χ4v) is 2.20. The number of nitrogens with zero attached hydrogens (tertiary/aromatic N) is 2. The standard InChI is InChI=1S/C12H17N3/c13-9-12-4-2-7-15(12)8-5-11-3-1-6-14-10-11/h2,4,7,11,14H,1,3,5-6,8,10H2. The van der Waals surface area contributed by atoms with Gasteiger partial charge >= 0.3 is 0 Å². The van der Waals surface area contributed by atoms with E-state index in [-0.39, 0.29) is 0 Å². The van der Waals surface area contributed by atoms with Gasteiger partial charge in [-0.15, -0.1) is 0 Å². The zero-order valence-corrected chi connectivity index (χ0v) is 8.95. The van der Waals surface area contributed by atoms with Crippen LogP contribution >= 0.6 is 0 Å². The molecule has 2 rings (SSSR count). The first-order chi connectivity index (χ1) is 7.40. The van der Waals surface area contributed by atoms with Crippen molar-refractivity contribution >= 4 is 0 Å². The summed E-state index contributed by atoms with van der Waals surface area (Å²) in [6.07, 6.45) is 5.79. The van der Waals surface area contributed by atoms with Crippen molar-refractivity contribution in [1.29, 1.82) is 5.26 Å². The molecule has 1 atom stereocenters. The highest BCUT2D eigenvalue weighted by molar-refractivity contribution is 5.21. The second kappa shape index (κ2) is 4.99. The molecule has 0 aromatic carbocycles. The van der Waals surface area contributed by atoms with Gasteiger partial charge in [0, 0.05) is 12.7 Å². The first-order valence-electron chi connectivity index (χ1n) is 5.66. The molecule has 1 aromatic rings. The van der Waals surface area contributed by atoms with Gasteiger partial charge in [-0.3, -0.25) is 0 Å². The molecule has 1 N–H and O–H groups in total. The molecule has 15 heavy (non-hydrogen) atoms. The normalized spacial score (nSPS) is 21.1. The minimum absolute atomic E-state index is 0.777. The first-order valence-corrected chi connectivity index (χ1v) is 5.66. The Balaban J connectivity index is 1.85. The number of piperidine rings is 1. The molecule has 0 bridgehead atoms. The number of hydrogen-bond donors (Lipinski definition) is 1. The van der Waals surface area contributed by atoms with Gasteiger partial charge < -0.3 is 9.88 Å². The third-order valence-electron chi connectivity index (χ3n) is 3.12. The zero-order valence-electron chi connectivity index (χ0n) is 8.95. The lowest BCUT2D eigenvalue weighted by molar-refractivity contribution is 0.341. The summed E-state index contributed by atoms with van der Waals surface area (Å²) < 4.78 is 2.05. The summed E-state index contributed by atoms with van der Waals surface area (Å²) in [5, 5.41) is 12.3. The van der Waals surface area contributed by atoms with Gasteiger partial charge in [-0.25, -0.2) is 0 Å². The van der Waals surface area contributed by atoms with Gasteiger partial charge in [-0.1, -0.05) is 0 Å². The summed E-state index contributed by atoms with van der Waals surface area (Å²) in [6, 6.07) is 6.03. The van der Waals surface area contributed by atoms with Crippen LogP contribution in [0.15, 0.2) is 18.3 Å². The van der Waals surface area contributed by atoms with Gasteiger partial charge in [0.15, 0.2) is 0 Å². The van der Waals surface area contributed by atoms with E-state index in [2.05, 4.69) is 16.0 Å². The molecular formula is C12H17N3. The van der Waals surface area contributed by atoms with Crippen molar-refractivity contribution in [2.24, 2.45) is 5.92 Å². The number of aromatic nitrogens is 1. The van der Waals surface area contributed by atoms with Crippen molar-refractivity contribution < 1.29 is 0 Å². The molecule has 80 valence electrons. The third-order valence-corrected chi connectivity index (χ3v) is 3.12. The summed E-state index contributed by atoms with van der Waals surface area (Å²) in [5.74, 6) is 0.785. The molecule has 2 heterocycles. The summed E-state index contributed by atoms with van der Waals surface area (Å²) in [7, 11) is 0. The molecule has 0 aliphatic carbocycles. The van der Waals surface area contributed by atoms with Crippen LogP contribution in [-0.2, 0) is 6.54 Å². The maximum Gasteiger partial charge on any atom is 0.120 e. The van der Waals surface area contributed by atoms with Crippen molar-refractivity contribution in [1.82, 2.24) is 9.88 Å². The van der Waals surface area contributed by atoms with E-state index < -0.39 is 0 Å². The van der Waals surface area contributed by atoms with E-state index in [1.165, 1.54) is 25.8 Å². The van der Waals surface area contributed by atoms with E-state index in [9.17, 15) is 0 Å². The van der Waals surface area contributed by atoms with Crippen LogP contribution in [0.3, 0.4) is 0 Å². The van der Waals surface area contributed by atoms with Crippen LogP contribution in [0.25, 0.3) is 0 Å². The molecular weight excluding hydrogens is 186 g/mol. The van der Waals surface area contributed by atoms with Gasteiger partial charge in [0.05, 0.1) is 0 Å². The lowest BCUT2D eigenvalue weighted by Crippen LogP contribution is -2.30. The average Bonchev–Trinajstić information content (AvgIpc) is 2.75. The molecule has 1 aliphatic rings. The van der Waals surface area contributed by atoms with E-state index in [1.807, 2.05) is 18.3 Å². The van der Waals surface area contributed by atoms with E-state index in [4.69, 9.17) is 5.26 Å². The maximum atomic E-state index is 8.86. The minimum atomic E-state index is 0.777. The predicted molar refractivity (Wildman–Crippen MR) is 59.4 cm³/mol. The number of nitriles is 1. The molecule has 1 aliphatic heterocycles. The molecule has 0 spiro atoms. The largest absolute Gasteiger partial charge is 0.339 e. The fraction of sp³-hybridized carbons (Fsp3) is 0.583. The Morgan fingerprint density at radius 3 is 3.27 bits per heavy atom. The van der Waals surface area contributed by atoms with E-state index in [0.29, 0.717) is 0 Å². The molecule has 0 saturated carbocycles. The van der Waals surface area contributed by atoms with Crippen molar-refractivity contribution in [2.45, 2.75) is 25.8 Å². The Morgan fingerprint density at radius 2 is 2.53 bits per heavy atom. The van der Waals surface area contributed by atoms with Gasteiger partial charge in [-0.05, 0) is 50.4 Å². The number of hydrogen-bond acceptors (Lipinski definition) is 2. The SMILES string of the molecule is N#Cc1cccn1CCC1CCCNC1. The Labute approximate surface area is 90.7 Å². The molecule has 0 amide bonds. The van der Waals surface area contributed by atoms with Crippen molar-refractivity contribution in [3.8, 4) is 6.07 Å². The van der Waals surface area contributed by atoms with Crippen LogP contribution in [-0.4, -0.2) is 17.7 Å². The Bertz CT molecular complexity index is 342.